The molecule has 1 aromatic carbocycles. The molecule has 1 atom stereocenters. The third-order valence-corrected chi connectivity index (χ3v) is 6.28. The summed E-state index contributed by atoms with van der Waals surface area (Å²) in [6.07, 6.45) is 5.71. The lowest BCUT2D eigenvalue weighted by Gasteiger charge is -2.41. The predicted octanol–water partition coefficient (Wildman–Crippen LogP) is 2.60. The molecule has 3 aliphatic heterocycles. The monoisotopic (exact) mass is 370 g/mol. The quantitative estimate of drug-likeness (QED) is 0.855. The Hall–Kier alpha value is -2.08. The smallest absolute Gasteiger partial charge is 0.251 e. The molecular formula is C21H30N4O2. The van der Waals surface area contributed by atoms with E-state index >= 15 is 0 Å². The number of rotatable bonds is 4. The van der Waals surface area contributed by atoms with Crippen molar-refractivity contribution in [3.05, 3.63) is 23.8 Å². The molecule has 146 valence electrons. The Kier molecular flexibility index (Phi) is 4.84. The second-order valence-corrected chi connectivity index (χ2v) is 8.62. The van der Waals surface area contributed by atoms with Crippen molar-refractivity contribution >= 4 is 23.2 Å². The van der Waals surface area contributed by atoms with Crippen molar-refractivity contribution in [2.45, 2.75) is 57.5 Å². The Labute approximate surface area is 161 Å². The van der Waals surface area contributed by atoms with Gasteiger partial charge in [-0.25, -0.2) is 0 Å². The van der Waals surface area contributed by atoms with E-state index in [2.05, 4.69) is 34.3 Å². The maximum atomic E-state index is 12.7. The van der Waals surface area contributed by atoms with Gasteiger partial charge in [0, 0.05) is 24.2 Å². The molecular weight excluding hydrogens is 340 g/mol. The fourth-order valence-electron chi connectivity index (χ4n) is 4.58. The first-order chi connectivity index (χ1) is 13.0. The number of likely N-dealkylation sites (tertiary alicyclic amines) is 1. The highest BCUT2D eigenvalue weighted by Crippen LogP contribution is 2.37. The van der Waals surface area contributed by atoms with E-state index in [4.69, 9.17) is 0 Å². The maximum absolute atomic E-state index is 12.7. The average molecular weight is 370 g/mol. The van der Waals surface area contributed by atoms with Gasteiger partial charge in [-0.05, 0) is 70.8 Å². The van der Waals surface area contributed by atoms with Crippen molar-refractivity contribution in [3.8, 4) is 0 Å². The Balaban J connectivity index is 1.44. The van der Waals surface area contributed by atoms with Gasteiger partial charge in [-0.3, -0.25) is 14.5 Å². The normalized spacial score (nSPS) is 22.8. The zero-order valence-electron chi connectivity index (χ0n) is 16.4. The first kappa shape index (κ1) is 18.3. The number of benzene rings is 1. The summed E-state index contributed by atoms with van der Waals surface area (Å²) >= 11 is 0. The van der Waals surface area contributed by atoms with Crippen LogP contribution in [0.25, 0.3) is 0 Å². The number of hydrogen-bond donors (Lipinski definition) is 2. The van der Waals surface area contributed by atoms with Crippen LogP contribution in [0.15, 0.2) is 18.2 Å². The van der Waals surface area contributed by atoms with Crippen LogP contribution in [0.3, 0.4) is 0 Å². The minimum absolute atomic E-state index is 0.0452. The van der Waals surface area contributed by atoms with Gasteiger partial charge in [0.15, 0.2) is 0 Å². The fraction of sp³-hybridized carbons (Fsp3) is 0.619. The van der Waals surface area contributed by atoms with Gasteiger partial charge in [-0.2, -0.15) is 0 Å². The van der Waals surface area contributed by atoms with Gasteiger partial charge in [-0.15, -0.1) is 0 Å². The van der Waals surface area contributed by atoms with E-state index in [1.165, 1.54) is 19.3 Å². The minimum Gasteiger partial charge on any atom is -0.358 e. The molecule has 2 fully saturated rings. The number of carbonyl (C=O) groups is 2. The summed E-state index contributed by atoms with van der Waals surface area (Å²) in [6.45, 7) is 8.11. The molecule has 0 aromatic heterocycles. The molecule has 1 unspecified atom stereocenters. The van der Waals surface area contributed by atoms with E-state index < -0.39 is 0 Å². The van der Waals surface area contributed by atoms with Crippen LogP contribution in [0.1, 0.15) is 56.3 Å². The number of nitrogens with one attached hydrogen (secondary N) is 2. The fourth-order valence-corrected chi connectivity index (χ4v) is 4.58. The number of hydrogen-bond acceptors (Lipinski definition) is 4. The lowest BCUT2D eigenvalue weighted by molar-refractivity contribution is -0.117. The van der Waals surface area contributed by atoms with Crippen LogP contribution >= 0.6 is 0 Å². The largest absolute Gasteiger partial charge is 0.358 e. The molecule has 2 saturated heterocycles. The van der Waals surface area contributed by atoms with E-state index in [1.807, 2.05) is 18.2 Å². The lowest BCUT2D eigenvalue weighted by Crippen LogP contribution is -2.53. The zero-order chi connectivity index (χ0) is 19.0. The SMILES string of the molecule is CC(C)(CNC(=O)c1ccc2c(c1)NC(=O)C1CCCN21)N1CCCCC1. The molecule has 0 spiro atoms. The molecule has 1 aromatic rings. The number of carbonyl (C=O) groups excluding carboxylic acids is 2. The predicted molar refractivity (Wildman–Crippen MR) is 107 cm³/mol. The first-order valence-corrected chi connectivity index (χ1v) is 10.2. The van der Waals surface area contributed by atoms with E-state index in [1.54, 1.807) is 0 Å². The van der Waals surface area contributed by atoms with Crippen LogP contribution in [0.4, 0.5) is 11.4 Å². The summed E-state index contributed by atoms with van der Waals surface area (Å²) in [7, 11) is 0. The molecule has 6 nitrogen and oxygen atoms in total. The van der Waals surface area contributed by atoms with Gasteiger partial charge >= 0.3 is 0 Å². The number of nitrogens with zero attached hydrogens (tertiary/aromatic N) is 2. The molecule has 2 N–H and O–H groups in total. The second-order valence-electron chi connectivity index (χ2n) is 8.62. The Bertz CT molecular complexity index is 740. The Morgan fingerprint density at radius 3 is 2.74 bits per heavy atom. The number of fused-ring (bicyclic) bond motifs is 3. The molecule has 4 rings (SSSR count). The summed E-state index contributed by atoms with van der Waals surface area (Å²) in [6, 6.07) is 5.60. The van der Waals surface area contributed by atoms with E-state index in [-0.39, 0.29) is 23.4 Å². The van der Waals surface area contributed by atoms with Crippen LogP contribution in [0.2, 0.25) is 0 Å². The number of anilines is 2. The molecule has 27 heavy (non-hydrogen) atoms. The molecule has 0 bridgehead atoms. The lowest BCUT2D eigenvalue weighted by atomic mass is 9.98. The maximum Gasteiger partial charge on any atom is 0.251 e. The van der Waals surface area contributed by atoms with Crippen LogP contribution in [-0.2, 0) is 4.79 Å². The van der Waals surface area contributed by atoms with Gasteiger partial charge in [0.1, 0.15) is 6.04 Å². The van der Waals surface area contributed by atoms with E-state index in [9.17, 15) is 9.59 Å². The van der Waals surface area contributed by atoms with Gasteiger partial charge < -0.3 is 15.5 Å². The standard InChI is InChI=1S/C21H30N4O2/c1-21(2,24-10-4-3-5-11-24)14-22-19(26)15-8-9-17-16(13-15)23-20(27)18-7-6-12-25(17)18/h8-9,13,18H,3-7,10-12,14H2,1-2H3,(H,22,26)(H,23,27). The highest BCUT2D eigenvalue weighted by molar-refractivity contribution is 6.06. The summed E-state index contributed by atoms with van der Waals surface area (Å²) in [5, 5.41) is 6.08. The van der Waals surface area contributed by atoms with Crippen molar-refractivity contribution in [3.63, 3.8) is 0 Å². The van der Waals surface area contributed by atoms with Crippen molar-refractivity contribution < 1.29 is 9.59 Å². The zero-order valence-corrected chi connectivity index (χ0v) is 16.4. The third-order valence-electron chi connectivity index (χ3n) is 6.28. The van der Waals surface area contributed by atoms with Crippen molar-refractivity contribution in [1.29, 1.82) is 0 Å². The Morgan fingerprint density at radius 2 is 1.96 bits per heavy atom. The van der Waals surface area contributed by atoms with Crippen LogP contribution in [-0.4, -0.2) is 54.5 Å². The van der Waals surface area contributed by atoms with Gasteiger partial charge in [0.05, 0.1) is 11.4 Å². The van der Waals surface area contributed by atoms with Crippen LogP contribution in [0.5, 0.6) is 0 Å². The van der Waals surface area contributed by atoms with Crippen molar-refractivity contribution in [2.24, 2.45) is 0 Å². The average Bonchev–Trinajstić information content (AvgIpc) is 3.17. The van der Waals surface area contributed by atoms with Crippen molar-refractivity contribution in [2.75, 3.05) is 36.4 Å². The minimum atomic E-state index is -0.0827. The van der Waals surface area contributed by atoms with Crippen molar-refractivity contribution in [1.82, 2.24) is 10.2 Å². The Morgan fingerprint density at radius 1 is 1.19 bits per heavy atom. The number of piperidine rings is 1. The molecule has 6 heteroatoms. The van der Waals surface area contributed by atoms with Gasteiger partial charge in [0.25, 0.3) is 5.91 Å². The molecule has 3 heterocycles. The summed E-state index contributed by atoms with van der Waals surface area (Å²) < 4.78 is 0. The highest BCUT2D eigenvalue weighted by atomic mass is 16.2. The van der Waals surface area contributed by atoms with Crippen LogP contribution in [0, 0.1) is 0 Å². The topological polar surface area (TPSA) is 64.7 Å². The first-order valence-electron chi connectivity index (χ1n) is 10.2. The summed E-state index contributed by atoms with van der Waals surface area (Å²) in [4.78, 5) is 29.6. The molecule has 3 aliphatic rings. The summed E-state index contributed by atoms with van der Waals surface area (Å²) in [5.41, 5.74) is 2.32. The number of amides is 2. The molecule has 0 aliphatic carbocycles. The van der Waals surface area contributed by atoms with Crippen LogP contribution < -0.4 is 15.5 Å². The second kappa shape index (κ2) is 7.15. The van der Waals surface area contributed by atoms with E-state index in [0.29, 0.717) is 12.1 Å². The molecule has 0 saturated carbocycles. The highest BCUT2D eigenvalue weighted by Gasteiger charge is 2.36. The molecule has 0 radical (unpaired) electrons. The van der Waals surface area contributed by atoms with Gasteiger partial charge in [0.2, 0.25) is 5.91 Å². The summed E-state index contributed by atoms with van der Waals surface area (Å²) in [5.74, 6) is -0.0375. The van der Waals surface area contributed by atoms with E-state index in [0.717, 1.165) is 43.9 Å². The van der Waals surface area contributed by atoms with Gasteiger partial charge in [-0.1, -0.05) is 6.42 Å². The third kappa shape index (κ3) is 3.55. The molecule has 2 amide bonds.